The van der Waals surface area contributed by atoms with Gasteiger partial charge < -0.3 is 10.4 Å². The molecule has 0 aliphatic carbocycles. The summed E-state index contributed by atoms with van der Waals surface area (Å²) in [5, 5.41) is 21.3. The first kappa shape index (κ1) is 18.0. The topological polar surface area (TPSA) is 103 Å². The zero-order valence-electron chi connectivity index (χ0n) is 13.8. The second-order valence-electron chi connectivity index (χ2n) is 6.05. The molecule has 2 aromatic rings. The molecule has 1 aromatic heterocycles. The van der Waals surface area contributed by atoms with Crippen LogP contribution in [0.1, 0.15) is 33.8 Å². The van der Waals surface area contributed by atoms with Crippen LogP contribution in [0.15, 0.2) is 48.8 Å². The SMILES string of the molecule is N#CC1C(SCc2cccc(C(=O)O)c2)NC(=O)CC1c1ccncc1. The highest BCUT2D eigenvalue weighted by Gasteiger charge is 2.38. The minimum Gasteiger partial charge on any atom is -0.478 e. The number of amides is 1. The van der Waals surface area contributed by atoms with Gasteiger partial charge in [0.25, 0.3) is 0 Å². The molecule has 2 N–H and O–H groups in total. The Morgan fingerprint density at radius 3 is 2.81 bits per heavy atom. The number of piperidine rings is 1. The molecule has 6 nitrogen and oxygen atoms in total. The minimum atomic E-state index is -0.976. The van der Waals surface area contributed by atoms with E-state index in [1.54, 1.807) is 24.5 Å². The Labute approximate surface area is 155 Å². The second-order valence-corrected chi connectivity index (χ2v) is 7.18. The minimum absolute atomic E-state index is 0.0879. The Balaban J connectivity index is 1.76. The Kier molecular flexibility index (Phi) is 5.54. The van der Waals surface area contributed by atoms with Gasteiger partial charge in [0.1, 0.15) is 0 Å². The lowest BCUT2D eigenvalue weighted by molar-refractivity contribution is -0.123. The van der Waals surface area contributed by atoms with Gasteiger partial charge in [-0.15, -0.1) is 11.8 Å². The summed E-state index contributed by atoms with van der Waals surface area (Å²) in [4.78, 5) is 27.2. The molecular formula is C19H17N3O3S. The summed E-state index contributed by atoms with van der Waals surface area (Å²) in [6, 6.07) is 12.7. The van der Waals surface area contributed by atoms with E-state index in [-0.39, 0.29) is 35.1 Å². The van der Waals surface area contributed by atoms with Crippen LogP contribution in [0.2, 0.25) is 0 Å². The summed E-state index contributed by atoms with van der Waals surface area (Å²) in [7, 11) is 0. The van der Waals surface area contributed by atoms with E-state index in [4.69, 9.17) is 5.11 Å². The molecule has 0 spiro atoms. The van der Waals surface area contributed by atoms with Gasteiger partial charge in [-0.25, -0.2) is 4.79 Å². The van der Waals surface area contributed by atoms with Crippen LogP contribution in [-0.2, 0) is 10.5 Å². The Bertz CT molecular complexity index is 851. The summed E-state index contributed by atoms with van der Waals surface area (Å²) in [6.07, 6.45) is 3.60. The molecule has 3 rings (SSSR count). The van der Waals surface area contributed by atoms with Gasteiger partial charge in [-0.05, 0) is 35.4 Å². The number of rotatable bonds is 5. The molecule has 1 saturated heterocycles. The number of carboxylic acids is 1. The fourth-order valence-electron chi connectivity index (χ4n) is 3.06. The second kappa shape index (κ2) is 8.02. The normalized spacial score (nSPS) is 22.3. The van der Waals surface area contributed by atoms with Gasteiger partial charge in [0, 0.05) is 30.5 Å². The molecule has 1 fully saturated rings. The van der Waals surface area contributed by atoms with Gasteiger partial charge in [0.2, 0.25) is 5.91 Å². The van der Waals surface area contributed by atoms with E-state index in [0.717, 1.165) is 11.1 Å². The molecule has 0 radical (unpaired) electrons. The van der Waals surface area contributed by atoms with Crippen molar-refractivity contribution >= 4 is 23.6 Å². The largest absolute Gasteiger partial charge is 0.478 e. The van der Waals surface area contributed by atoms with E-state index in [1.807, 2.05) is 18.2 Å². The van der Waals surface area contributed by atoms with Gasteiger partial charge >= 0.3 is 5.97 Å². The van der Waals surface area contributed by atoms with Crippen molar-refractivity contribution in [1.29, 1.82) is 5.26 Å². The monoisotopic (exact) mass is 367 g/mol. The van der Waals surface area contributed by atoms with Crippen molar-refractivity contribution < 1.29 is 14.7 Å². The number of pyridine rings is 1. The number of nitrogens with zero attached hydrogens (tertiary/aromatic N) is 2. The molecule has 3 unspecified atom stereocenters. The molecule has 7 heteroatoms. The number of nitriles is 1. The molecule has 1 aliphatic heterocycles. The van der Waals surface area contributed by atoms with Crippen LogP contribution < -0.4 is 5.32 Å². The van der Waals surface area contributed by atoms with Crippen molar-refractivity contribution in [3.8, 4) is 6.07 Å². The first-order valence-corrected chi connectivity index (χ1v) is 9.16. The Hall–Kier alpha value is -2.85. The molecule has 132 valence electrons. The number of hydrogen-bond acceptors (Lipinski definition) is 5. The zero-order valence-corrected chi connectivity index (χ0v) is 14.6. The summed E-state index contributed by atoms with van der Waals surface area (Å²) in [5.74, 6) is -1.11. The van der Waals surface area contributed by atoms with Crippen LogP contribution in [0, 0.1) is 17.2 Å². The molecule has 1 aliphatic rings. The van der Waals surface area contributed by atoms with Gasteiger partial charge in [0.05, 0.1) is 22.9 Å². The molecule has 3 atom stereocenters. The predicted molar refractivity (Wildman–Crippen MR) is 97.3 cm³/mol. The molecular weight excluding hydrogens is 350 g/mol. The first-order valence-electron chi connectivity index (χ1n) is 8.11. The average molecular weight is 367 g/mol. The van der Waals surface area contributed by atoms with Crippen LogP contribution in [0.25, 0.3) is 0 Å². The lowest BCUT2D eigenvalue weighted by Crippen LogP contribution is -2.46. The Morgan fingerprint density at radius 1 is 1.35 bits per heavy atom. The highest BCUT2D eigenvalue weighted by molar-refractivity contribution is 7.99. The quantitative estimate of drug-likeness (QED) is 0.842. The van der Waals surface area contributed by atoms with Gasteiger partial charge in [-0.2, -0.15) is 5.26 Å². The molecule has 0 saturated carbocycles. The number of hydrogen-bond donors (Lipinski definition) is 2. The van der Waals surface area contributed by atoms with E-state index in [9.17, 15) is 14.9 Å². The van der Waals surface area contributed by atoms with E-state index >= 15 is 0 Å². The molecule has 1 aromatic carbocycles. The third-order valence-corrected chi connectivity index (χ3v) is 5.63. The van der Waals surface area contributed by atoms with Crippen LogP contribution in [0.3, 0.4) is 0 Å². The fraction of sp³-hybridized carbons (Fsp3) is 0.263. The highest BCUT2D eigenvalue weighted by atomic mass is 32.2. The zero-order chi connectivity index (χ0) is 18.5. The van der Waals surface area contributed by atoms with Crippen molar-refractivity contribution in [2.24, 2.45) is 5.92 Å². The maximum atomic E-state index is 12.1. The first-order chi connectivity index (χ1) is 12.6. The van der Waals surface area contributed by atoms with Crippen molar-refractivity contribution in [3.05, 3.63) is 65.5 Å². The van der Waals surface area contributed by atoms with E-state index in [1.165, 1.54) is 17.8 Å². The van der Waals surface area contributed by atoms with Gasteiger partial charge in [-0.1, -0.05) is 12.1 Å². The number of carboxylic acid groups (broad SMARTS) is 1. The molecule has 1 amide bonds. The standard InChI is InChI=1S/C19H17N3O3S/c20-10-16-15(13-4-6-21-7-5-13)9-17(23)22-18(16)26-11-12-2-1-3-14(8-12)19(24)25/h1-8,15-16,18H,9,11H2,(H,22,23)(H,24,25). The maximum Gasteiger partial charge on any atom is 0.335 e. The Morgan fingerprint density at radius 2 is 2.12 bits per heavy atom. The van der Waals surface area contributed by atoms with Crippen molar-refractivity contribution in [3.63, 3.8) is 0 Å². The number of benzene rings is 1. The van der Waals surface area contributed by atoms with E-state index in [2.05, 4.69) is 16.4 Å². The number of thioether (sulfide) groups is 1. The number of aromatic carboxylic acids is 1. The predicted octanol–water partition coefficient (Wildman–Crippen LogP) is 2.78. The number of aromatic nitrogens is 1. The summed E-state index contributed by atoms with van der Waals surface area (Å²) < 4.78 is 0. The summed E-state index contributed by atoms with van der Waals surface area (Å²) in [6.45, 7) is 0. The van der Waals surface area contributed by atoms with Crippen molar-refractivity contribution in [2.45, 2.75) is 23.5 Å². The molecule has 2 heterocycles. The molecule has 26 heavy (non-hydrogen) atoms. The number of carbonyl (C=O) groups is 2. The van der Waals surface area contributed by atoms with Gasteiger partial charge in [-0.3, -0.25) is 9.78 Å². The average Bonchev–Trinajstić information content (AvgIpc) is 2.66. The maximum absolute atomic E-state index is 12.1. The lowest BCUT2D eigenvalue weighted by Gasteiger charge is -2.34. The van der Waals surface area contributed by atoms with Crippen LogP contribution in [-0.4, -0.2) is 27.3 Å². The summed E-state index contributed by atoms with van der Waals surface area (Å²) in [5.41, 5.74) is 1.99. The van der Waals surface area contributed by atoms with Crippen molar-refractivity contribution in [1.82, 2.24) is 10.3 Å². The third-order valence-electron chi connectivity index (χ3n) is 4.36. The highest BCUT2D eigenvalue weighted by Crippen LogP contribution is 2.38. The van der Waals surface area contributed by atoms with Crippen LogP contribution in [0.4, 0.5) is 0 Å². The fourth-order valence-corrected chi connectivity index (χ4v) is 4.29. The smallest absolute Gasteiger partial charge is 0.335 e. The number of carbonyl (C=O) groups excluding carboxylic acids is 1. The number of nitrogens with one attached hydrogen (secondary N) is 1. The van der Waals surface area contributed by atoms with E-state index in [0.29, 0.717) is 5.75 Å². The van der Waals surface area contributed by atoms with Crippen LogP contribution in [0.5, 0.6) is 0 Å². The van der Waals surface area contributed by atoms with Gasteiger partial charge in [0.15, 0.2) is 0 Å². The van der Waals surface area contributed by atoms with Crippen LogP contribution >= 0.6 is 11.8 Å². The van der Waals surface area contributed by atoms with Crippen molar-refractivity contribution in [2.75, 3.05) is 0 Å². The molecule has 0 bridgehead atoms. The lowest BCUT2D eigenvalue weighted by atomic mass is 9.82. The summed E-state index contributed by atoms with van der Waals surface area (Å²) >= 11 is 1.44. The van der Waals surface area contributed by atoms with E-state index < -0.39 is 5.97 Å². The third kappa shape index (κ3) is 4.03.